The molecule has 1 aliphatic carbocycles. The molecule has 0 unspecified atom stereocenters. The van der Waals surface area contributed by atoms with E-state index in [0.29, 0.717) is 11.5 Å². The summed E-state index contributed by atoms with van der Waals surface area (Å²) < 4.78 is 0. The quantitative estimate of drug-likeness (QED) is 0.772. The largest absolute Gasteiger partial charge is 0.289 e. The summed E-state index contributed by atoms with van der Waals surface area (Å²) in [5.74, 6) is 0.604. The Hall–Kier alpha value is -2.03. The second kappa shape index (κ2) is 4.69. The minimum absolute atomic E-state index is 0.0485. The van der Waals surface area contributed by atoms with Crippen LogP contribution in [0.4, 0.5) is 0 Å². The highest BCUT2D eigenvalue weighted by molar-refractivity contribution is 6.09. The average Bonchev–Trinajstić information content (AvgIpc) is 2.38. The first-order valence-corrected chi connectivity index (χ1v) is 6.26. The van der Waals surface area contributed by atoms with Gasteiger partial charge in [-0.15, -0.1) is 0 Å². The second-order valence-electron chi connectivity index (χ2n) is 4.68. The lowest BCUT2D eigenvalue weighted by atomic mass is 9.77. The third-order valence-electron chi connectivity index (χ3n) is 3.60. The molecular weight excluding hydrogens is 224 g/mol. The molecule has 0 amide bonds. The molecule has 0 saturated heterocycles. The zero-order valence-corrected chi connectivity index (χ0v) is 10.0. The van der Waals surface area contributed by atoms with Gasteiger partial charge in [0.25, 0.3) is 0 Å². The van der Waals surface area contributed by atoms with E-state index >= 15 is 0 Å². The van der Waals surface area contributed by atoms with Gasteiger partial charge in [-0.2, -0.15) is 10.2 Å². The molecule has 0 aliphatic heterocycles. The van der Waals surface area contributed by atoms with Gasteiger partial charge in [-0.1, -0.05) is 30.7 Å². The van der Waals surface area contributed by atoms with Crippen LogP contribution in [0.1, 0.15) is 46.7 Å². The van der Waals surface area contributed by atoms with Gasteiger partial charge < -0.3 is 0 Å². The number of hydrogen-bond acceptors (Lipinski definition) is 3. The number of nitrogens with zero attached hydrogens (tertiary/aromatic N) is 2. The summed E-state index contributed by atoms with van der Waals surface area (Å²) in [5, 5.41) is 7.47. The SMILES string of the molecule is O=C(c1ccnnc1)c1ccccc1C1CCC1. The monoisotopic (exact) mass is 238 g/mol. The van der Waals surface area contributed by atoms with E-state index in [2.05, 4.69) is 16.3 Å². The number of rotatable bonds is 3. The van der Waals surface area contributed by atoms with E-state index < -0.39 is 0 Å². The van der Waals surface area contributed by atoms with E-state index in [1.54, 1.807) is 12.3 Å². The van der Waals surface area contributed by atoms with E-state index in [1.165, 1.54) is 31.0 Å². The molecule has 1 aliphatic rings. The Morgan fingerprint density at radius 3 is 2.61 bits per heavy atom. The maximum atomic E-state index is 12.4. The van der Waals surface area contributed by atoms with Crippen molar-refractivity contribution in [3.05, 3.63) is 59.4 Å². The van der Waals surface area contributed by atoms with Crippen molar-refractivity contribution in [2.45, 2.75) is 25.2 Å². The van der Waals surface area contributed by atoms with Crippen molar-refractivity contribution in [2.24, 2.45) is 0 Å². The van der Waals surface area contributed by atoms with Crippen molar-refractivity contribution in [3.63, 3.8) is 0 Å². The second-order valence-corrected chi connectivity index (χ2v) is 4.68. The van der Waals surface area contributed by atoms with Gasteiger partial charge in [0.1, 0.15) is 0 Å². The zero-order valence-electron chi connectivity index (χ0n) is 10.0. The van der Waals surface area contributed by atoms with Gasteiger partial charge in [0.2, 0.25) is 0 Å². The van der Waals surface area contributed by atoms with Gasteiger partial charge in [0.15, 0.2) is 5.78 Å². The van der Waals surface area contributed by atoms with Gasteiger partial charge in [-0.05, 0) is 30.4 Å². The highest BCUT2D eigenvalue weighted by Gasteiger charge is 2.24. The van der Waals surface area contributed by atoms with Crippen LogP contribution in [0.3, 0.4) is 0 Å². The van der Waals surface area contributed by atoms with E-state index in [1.807, 2.05) is 18.2 Å². The van der Waals surface area contributed by atoms with Crippen LogP contribution in [-0.2, 0) is 0 Å². The molecule has 3 rings (SSSR count). The fourth-order valence-electron chi connectivity index (χ4n) is 2.36. The van der Waals surface area contributed by atoms with E-state index in [9.17, 15) is 4.79 Å². The molecule has 90 valence electrons. The Labute approximate surface area is 106 Å². The predicted molar refractivity (Wildman–Crippen MR) is 68.5 cm³/mol. The molecule has 0 radical (unpaired) electrons. The molecular formula is C15H14N2O. The molecule has 1 saturated carbocycles. The van der Waals surface area contributed by atoms with Gasteiger partial charge in [0.05, 0.1) is 12.4 Å². The predicted octanol–water partition coefficient (Wildman–Crippen LogP) is 2.98. The summed E-state index contributed by atoms with van der Waals surface area (Å²) in [6.07, 6.45) is 6.74. The van der Waals surface area contributed by atoms with Crippen molar-refractivity contribution in [3.8, 4) is 0 Å². The van der Waals surface area contributed by atoms with Crippen LogP contribution in [0.5, 0.6) is 0 Å². The first-order chi connectivity index (χ1) is 8.86. The van der Waals surface area contributed by atoms with Gasteiger partial charge in [-0.25, -0.2) is 0 Å². The molecule has 0 atom stereocenters. The number of carbonyl (C=O) groups is 1. The number of hydrogen-bond donors (Lipinski definition) is 0. The average molecular weight is 238 g/mol. The maximum absolute atomic E-state index is 12.4. The summed E-state index contributed by atoms with van der Waals surface area (Å²) in [7, 11) is 0. The highest BCUT2D eigenvalue weighted by Crippen LogP contribution is 2.38. The third-order valence-corrected chi connectivity index (χ3v) is 3.60. The fraction of sp³-hybridized carbons (Fsp3) is 0.267. The lowest BCUT2D eigenvalue weighted by Gasteiger charge is -2.27. The summed E-state index contributed by atoms with van der Waals surface area (Å²) in [6, 6.07) is 9.63. The van der Waals surface area contributed by atoms with Crippen LogP contribution >= 0.6 is 0 Å². The normalized spacial score (nSPS) is 15.1. The van der Waals surface area contributed by atoms with Crippen LogP contribution in [0.2, 0.25) is 0 Å². The standard InChI is InChI=1S/C15H14N2O/c18-15(12-8-9-16-17-10-12)14-7-2-1-6-13(14)11-4-3-5-11/h1-2,6-11H,3-5H2. The molecule has 2 aromatic rings. The molecule has 18 heavy (non-hydrogen) atoms. The van der Waals surface area contributed by atoms with E-state index in [4.69, 9.17) is 0 Å². The molecule has 3 heteroatoms. The van der Waals surface area contributed by atoms with Crippen LogP contribution < -0.4 is 0 Å². The minimum atomic E-state index is 0.0485. The Morgan fingerprint density at radius 1 is 1.11 bits per heavy atom. The Balaban J connectivity index is 1.99. The Morgan fingerprint density at radius 2 is 1.94 bits per heavy atom. The van der Waals surface area contributed by atoms with Gasteiger partial charge >= 0.3 is 0 Å². The Bertz CT molecular complexity index is 562. The zero-order chi connectivity index (χ0) is 12.4. The number of carbonyl (C=O) groups excluding carboxylic acids is 1. The first-order valence-electron chi connectivity index (χ1n) is 6.26. The number of benzene rings is 1. The van der Waals surface area contributed by atoms with Crippen LogP contribution in [0.15, 0.2) is 42.7 Å². The molecule has 1 heterocycles. The first kappa shape index (κ1) is 11.1. The van der Waals surface area contributed by atoms with Crippen molar-refractivity contribution >= 4 is 5.78 Å². The van der Waals surface area contributed by atoms with Crippen molar-refractivity contribution < 1.29 is 4.79 Å². The smallest absolute Gasteiger partial charge is 0.194 e. The highest BCUT2D eigenvalue weighted by atomic mass is 16.1. The Kier molecular flexibility index (Phi) is 2.89. The summed E-state index contributed by atoms with van der Waals surface area (Å²) >= 11 is 0. The minimum Gasteiger partial charge on any atom is -0.289 e. The molecule has 0 spiro atoms. The summed E-state index contributed by atoms with van der Waals surface area (Å²) in [5.41, 5.74) is 2.61. The summed E-state index contributed by atoms with van der Waals surface area (Å²) in [4.78, 5) is 12.4. The molecule has 1 aromatic carbocycles. The molecule has 1 fully saturated rings. The maximum Gasteiger partial charge on any atom is 0.194 e. The lowest BCUT2D eigenvalue weighted by Crippen LogP contribution is -2.14. The molecule has 3 nitrogen and oxygen atoms in total. The third kappa shape index (κ3) is 1.92. The lowest BCUT2D eigenvalue weighted by molar-refractivity contribution is 0.103. The van der Waals surface area contributed by atoms with Crippen molar-refractivity contribution in [1.29, 1.82) is 0 Å². The van der Waals surface area contributed by atoms with E-state index in [0.717, 1.165) is 5.56 Å². The van der Waals surface area contributed by atoms with Crippen LogP contribution in [0.25, 0.3) is 0 Å². The topological polar surface area (TPSA) is 42.9 Å². The van der Waals surface area contributed by atoms with Crippen molar-refractivity contribution in [1.82, 2.24) is 10.2 Å². The van der Waals surface area contributed by atoms with Gasteiger partial charge in [0, 0.05) is 11.1 Å². The van der Waals surface area contributed by atoms with E-state index in [-0.39, 0.29) is 5.78 Å². The van der Waals surface area contributed by atoms with Crippen LogP contribution in [0, 0.1) is 0 Å². The number of aromatic nitrogens is 2. The van der Waals surface area contributed by atoms with Crippen LogP contribution in [-0.4, -0.2) is 16.0 Å². The molecule has 1 aromatic heterocycles. The fourth-order valence-corrected chi connectivity index (χ4v) is 2.36. The van der Waals surface area contributed by atoms with Crippen molar-refractivity contribution in [2.75, 3.05) is 0 Å². The number of ketones is 1. The van der Waals surface area contributed by atoms with Gasteiger partial charge in [-0.3, -0.25) is 4.79 Å². The summed E-state index contributed by atoms with van der Waals surface area (Å²) in [6.45, 7) is 0. The molecule has 0 bridgehead atoms. The molecule has 0 N–H and O–H groups in total.